The van der Waals surface area contributed by atoms with Gasteiger partial charge in [0.05, 0.1) is 19.8 Å². The topological polar surface area (TPSA) is 149 Å². The van der Waals surface area contributed by atoms with Gasteiger partial charge in [-0.1, -0.05) is 178 Å². The number of phosphoric ester groups is 1. The molecule has 1 unspecified atom stereocenters. The van der Waals surface area contributed by atoms with E-state index >= 15 is 0 Å². The van der Waals surface area contributed by atoms with Gasteiger partial charge in [-0.05, 0) is 77.0 Å². The lowest BCUT2D eigenvalue weighted by atomic mass is 10.1. The first kappa shape index (κ1) is 58.9. The van der Waals surface area contributed by atoms with Crippen LogP contribution in [0.3, 0.4) is 0 Å². The first-order chi connectivity index (χ1) is 29.7. The molecule has 0 saturated carbocycles. The predicted octanol–water partition coefficient (Wildman–Crippen LogP) is 13.7. The molecule has 0 amide bonds. The summed E-state index contributed by atoms with van der Waals surface area (Å²) in [5.74, 6) is -0.930. The molecular formula is C50H91O10P. The molecule has 10 nitrogen and oxygen atoms in total. The molecule has 0 bridgehead atoms. The zero-order chi connectivity index (χ0) is 44.8. The standard InChI is InChI=1S/C50H91O10P/c1-3-5-7-9-11-13-15-17-19-21-23-25-27-29-31-33-35-37-39-41-49(53)57-45-48(46-59-61(55,56)58-44-47(52)43-51)60-50(54)42-40-38-36-34-32-30-28-26-24-22-20-18-16-14-12-10-8-6-4-2/h11-14,17-20,47-48,51-52H,3-10,15-16,21-46H2,1-2H3,(H,55,56)/b13-11+,14-12+,19-17+,20-18+/t47-,48+/m0/s1. The maximum atomic E-state index is 12.7. The average molecular weight is 883 g/mol. The van der Waals surface area contributed by atoms with Crippen LogP contribution < -0.4 is 0 Å². The van der Waals surface area contributed by atoms with Gasteiger partial charge in [-0.2, -0.15) is 0 Å². The first-order valence-electron chi connectivity index (χ1n) is 24.6. The summed E-state index contributed by atoms with van der Waals surface area (Å²) in [7, 11) is -4.62. The van der Waals surface area contributed by atoms with E-state index in [1.807, 2.05) is 0 Å². The van der Waals surface area contributed by atoms with Crippen molar-refractivity contribution in [3.05, 3.63) is 48.6 Å². The van der Waals surface area contributed by atoms with Crippen molar-refractivity contribution in [3.8, 4) is 0 Å². The maximum Gasteiger partial charge on any atom is 0.472 e. The lowest BCUT2D eigenvalue weighted by molar-refractivity contribution is -0.161. The summed E-state index contributed by atoms with van der Waals surface area (Å²) < 4.78 is 32.8. The molecule has 0 aromatic heterocycles. The zero-order valence-electron chi connectivity index (χ0n) is 38.9. The summed E-state index contributed by atoms with van der Waals surface area (Å²) in [5, 5.41) is 18.4. The van der Waals surface area contributed by atoms with Crippen molar-refractivity contribution in [3.63, 3.8) is 0 Å². The Morgan fingerprint density at radius 2 is 0.852 bits per heavy atom. The van der Waals surface area contributed by atoms with E-state index in [4.69, 9.17) is 23.6 Å². The van der Waals surface area contributed by atoms with Crippen LogP contribution in [0.25, 0.3) is 0 Å². The minimum atomic E-state index is -4.62. The Balaban J connectivity index is 4.22. The number of esters is 2. The fraction of sp³-hybridized carbons (Fsp3) is 0.800. The van der Waals surface area contributed by atoms with Gasteiger partial charge in [0.1, 0.15) is 12.7 Å². The number of aliphatic hydroxyl groups excluding tert-OH is 2. The highest BCUT2D eigenvalue weighted by atomic mass is 31.2. The summed E-state index contributed by atoms with van der Waals surface area (Å²) in [4.78, 5) is 35.1. The van der Waals surface area contributed by atoms with Gasteiger partial charge in [0.2, 0.25) is 0 Å². The molecule has 0 heterocycles. The second-order valence-corrected chi connectivity index (χ2v) is 17.9. The lowest BCUT2D eigenvalue weighted by Crippen LogP contribution is -2.29. The van der Waals surface area contributed by atoms with E-state index in [1.54, 1.807) is 0 Å². The normalized spacial score (nSPS) is 14.1. The van der Waals surface area contributed by atoms with Gasteiger partial charge in [0.15, 0.2) is 6.10 Å². The number of unbranched alkanes of at least 4 members (excludes halogenated alkanes) is 24. The van der Waals surface area contributed by atoms with E-state index in [-0.39, 0.29) is 19.4 Å². The van der Waals surface area contributed by atoms with E-state index < -0.39 is 51.8 Å². The van der Waals surface area contributed by atoms with Crippen molar-refractivity contribution in [2.24, 2.45) is 0 Å². The van der Waals surface area contributed by atoms with E-state index in [9.17, 15) is 24.2 Å². The van der Waals surface area contributed by atoms with Gasteiger partial charge in [-0.3, -0.25) is 18.6 Å². The van der Waals surface area contributed by atoms with Crippen molar-refractivity contribution in [2.75, 3.05) is 26.4 Å². The highest BCUT2D eigenvalue weighted by Crippen LogP contribution is 2.43. The highest BCUT2D eigenvalue weighted by Gasteiger charge is 2.27. The van der Waals surface area contributed by atoms with Gasteiger partial charge in [-0.15, -0.1) is 0 Å². The molecule has 0 radical (unpaired) electrons. The van der Waals surface area contributed by atoms with Crippen LogP contribution in [-0.2, 0) is 32.7 Å². The number of phosphoric acid groups is 1. The molecule has 0 aromatic rings. The number of allylic oxidation sites excluding steroid dienone is 8. The van der Waals surface area contributed by atoms with Crippen LogP contribution in [0.1, 0.15) is 219 Å². The summed E-state index contributed by atoms with van der Waals surface area (Å²) in [5.41, 5.74) is 0. The van der Waals surface area contributed by atoms with E-state index in [0.29, 0.717) is 12.8 Å². The number of carbonyl (C=O) groups is 2. The average Bonchev–Trinajstić information content (AvgIpc) is 3.25. The second kappa shape index (κ2) is 45.9. The molecule has 356 valence electrons. The Morgan fingerprint density at radius 3 is 1.26 bits per heavy atom. The van der Waals surface area contributed by atoms with Crippen LogP contribution in [0.5, 0.6) is 0 Å². The molecule has 0 aliphatic heterocycles. The molecule has 0 aliphatic rings. The Kier molecular flexibility index (Phi) is 44.4. The fourth-order valence-electron chi connectivity index (χ4n) is 6.64. The summed E-state index contributed by atoms with van der Waals surface area (Å²) in [6, 6.07) is 0. The largest absolute Gasteiger partial charge is 0.472 e. The molecule has 3 atom stereocenters. The van der Waals surface area contributed by atoms with Crippen LogP contribution in [0, 0.1) is 0 Å². The van der Waals surface area contributed by atoms with Gasteiger partial charge in [0.25, 0.3) is 0 Å². The number of rotatable bonds is 46. The first-order valence-corrected chi connectivity index (χ1v) is 26.1. The van der Waals surface area contributed by atoms with Crippen LogP contribution in [0.2, 0.25) is 0 Å². The number of hydrogen-bond donors (Lipinski definition) is 3. The summed E-state index contributed by atoms with van der Waals surface area (Å²) in [6.07, 6.45) is 50.7. The monoisotopic (exact) mass is 883 g/mol. The van der Waals surface area contributed by atoms with Gasteiger partial charge < -0.3 is 24.6 Å². The molecule has 0 rings (SSSR count). The van der Waals surface area contributed by atoms with Crippen LogP contribution in [-0.4, -0.2) is 65.7 Å². The maximum absolute atomic E-state index is 12.7. The fourth-order valence-corrected chi connectivity index (χ4v) is 7.43. The summed E-state index contributed by atoms with van der Waals surface area (Å²) in [6.45, 7) is 2.34. The smallest absolute Gasteiger partial charge is 0.462 e. The second-order valence-electron chi connectivity index (χ2n) is 16.5. The molecule has 0 spiro atoms. The van der Waals surface area contributed by atoms with Gasteiger partial charge >= 0.3 is 19.8 Å². The van der Waals surface area contributed by atoms with Crippen molar-refractivity contribution >= 4 is 19.8 Å². The Hall–Kier alpha value is -2.07. The number of aliphatic hydroxyl groups is 2. The van der Waals surface area contributed by atoms with Crippen LogP contribution >= 0.6 is 7.82 Å². The van der Waals surface area contributed by atoms with Crippen molar-refractivity contribution in [2.45, 2.75) is 232 Å². The van der Waals surface area contributed by atoms with E-state index in [2.05, 4.69) is 62.5 Å². The summed E-state index contributed by atoms with van der Waals surface area (Å²) >= 11 is 0. The molecule has 0 aliphatic carbocycles. The third kappa shape index (κ3) is 45.8. The lowest BCUT2D eigenvalue weighted by Gasteiger charge is -2.20. The molecule has 0 aromatic carbocycles. The third-order valence-corrected chi connectivity index (χ3v) is 11.4. The molecule has 3 N–H and O–H groups in total. The van der Waals surface area contributed by atoms with Crippen LogP contribution in [0.15, 0.2) is 48.6 Å². The van der Waals surface area contributed by atoms with E-state index in [1.165, 1.54) is 116 Å². The SMILES string of the molecule is CCCCC/C=C/C/C=C/CCCCCCCCCCCC(=O)OC[C@H](COP(=O)(O)OC[C@@H](O)CO)OC(=O)CCCCCCCCCCC/C=C/C/C=C/CCCCC. The molecule has 0 saturated heterocycles. The molecule has 11 heteroatoms. The van der Waals surface area contributed by atoms with Crippen molar-refractivity contribution < 1.29 is 47.8 Å². The molecule has 0 fully saturated rings. The quantitative estimate of drug-likeness (QED) is 0.0233. The zero-order valence-corrected chi connectivity index (χ0v) is 39.8. The predicted molar refractivity (Wildman–Crippen MR) is 251 cm³/mol. The number of carbonyl (C=O) groups excluding carboxylic acids is 2. The Labute approximate surface area is 373 Å². The third-order valence-electron chi connectivity index (χ3n) is 10.5. The molecular weight excluding hydrogens is 792 g/mol. The van der Waals surface area contributed by atoms with Crippen molar-refractivity contribution in [1.29, 1.82) is 0 Å². The van der Waals surface area contributed by atoms with E-state index in [0.717, 1.165) is 64.2 Å². The Morgan fingerprint density at radius 1 is 0.492 bits per heavy atom. The van der Waals surface area contributed by atoms with Crippen molar-refractivity contribution in [1.82, 2.24) is 0 Å². The van der Waals surface area contributed by atoms with Crippen LogP contribution in [0.4, 0.5) is 0 Å². The van der Waals surface area contributed by atoms with Gasteiger partial charge in [0, 0.05) is 12.8 Å². The number of hydrogen-bond acceptors (Lipinski definition) is 9. The highest BCUT2D eigenvalue weighted by molar-refractivity contribution is 7.47. The Bertz CT molecular complexity index is 1150. The molecule has 61 heavy (non-hydrogen) atoms. The number of ether oxygens (including phenoxy) is 2. The minimum absolute atomic E-state index is 0.178. The van der Waals surface area contributed by atoms with Gasteiger partial charge in [-0.25, -0.2) is 4.57 Å². The minimum Gasteiger partial charge on any atom is -0.462 e.